The summed E-state index contributed by atoms with van der Waals surface area (Å²) in [6, 6.07) is 12.1. The minimum atomic E-state index is -0.194. The van der Waals surface area contributed by atoms with E-state index in [9.17, 15) is 5.26 Å². The molecule has 3 rings (SSSR count). The van der Waals surface area contributed by atoms with E-state index in [4.69, 9.17) is 15.2 Å². The van der Waals surface area contributed by atoms with E-state index in [0.29, 0.717) is 24.5 Å². The van der Waals surface area contributed by atoms with Crippen molar-refractivity contribution in [3.63, 3.8) is 0 Å². The largest absolute Gasteiger partial charge is 0.420 e. The van der Waals surface area contributed by atoms with Gasteiger partial charge in [0.05, 0.1) is 17.9 Å². The van der Waals surface area contributed by atoms with E-state index in [1.165, 1.54) is 0 Å². The first kappa shape index (κ1) is 14.2. The zero-order valence-corrected chi connectivity index (χ0v) is 12.2. The lowest BCUT2D eigenvalue weighted by Crippen LogP contribution is -2.22. The highest BCUT2D eigenvalue weighted by molar-refractivity contribution is 5.49. The smallest absolute Gasteiger partial charge is 0.244 e. The maximum absolute atomic E-state index is 9.46. The number of allylic oxidation sites excluding steroid dienone is 1. The Morgan fingerprint density at radius 2 is 2.18 bits per heavy atom. The number of nitriles is 1. The number of hydrogen-bond donors (Lipinski definition) is 2. The summed E-state index contributed by atoms with van der Waals surface area (Å²) in [5.74, 6) is 0.343. The Balaban J connectivity index is 2.05. The molecule has 0 saturated heterocycles. The van der Waals surface area contributed by atoms with Crippen molar-refractivity contribution in [2.75, 3.05) is 7.11 Å². The van der Waals surface area contributed by atoms with E-state index < -0.39 is 0 Å². The summed E-state index contributed by atoms with van der Waals surface area (Å²) in [6.45, 7) is 0.371. The van der Waals surface area contributed by atoms with Crippen LogP contribution in [-0.4, -0.2) is 17.3 Å². The Bertz CT molecular complexity index is 743. The number of methoxy groups -OCH3 is 1. The predicted octanol–water partition coefficient (Wildman–Crippen LogP) is 1.97. The third-order valence-corrected chi connectivity index (χ3v) is 3.71. The number of rotatable bonds is 4. The van der Waals surface area contributed by atoms with Gasteiger partial charge in [-0.05, 0) is 12.0 Å². The molecule has 1 atom stereocenters. The van der Waals surface area contributed by atoms with Crippen LogP contribution in [0, 0.1) is 11.3 Å². The molecule has 1 aliphatic rings. The SMILES string of the molecule is COCc1[nH]nc2c1C(Cc1ccccc1)C(C#N)=C(N)O2. The second kappa shape index (κ2) is 5.92. The van der Waals surface area contributed by atoms with Crippen molar-refractivity contribution in [2.45, 2.75) is 18.9 Å². The van der Waals surface area contributed by atoms with Crippen molar-refractivity contribution in [3.8, 4) is 11.9 Å². The Kier molecular flexibility index (Phi) is 3.81. The van der Waals surface area contributed by atoms with Gasteiger partial charge in [0.25, 0.3) is 0 Å². The van der Waals surface area contributed by atoms with Crippen molar-refractivity contribution in [3.05, 3.63) is 58.6 Å². The van der Waals surface area contributed by atoms with Crippen molar-refractivity contribution < 1.29 is 9.47 Å². The van der Waals surface area contributed by atoms with Crippen LogP contribution in [0.4, 0.5) is 0 Å². The monoisotopic (exact) mass is 296 g/mol. The molecule has 0 aliphatic carbocycles. The Hall–Kier alpha value is -2.78. The first-order chi connectivity index (χ1) is 10.7. The Labute approximate surface area is 128 Å². The normalized spacial score (nSPS) is 16.8. The summed E-state index contributed by atoms with van der Waals surface area (Å²) in [4.78, 5) is 0. The number of hydrogen-bond acceptors (Lipinski definition) is 5. The lowest BCUT2D eigenvalue weighted by Gasteiger charge is -2.23. The van der Waals surface area contributed by atoms with Gasteiger partial charge < -0.3 is 15.2 Å². The van der Waals surface area contributed by atoms with E-state index in [0.717, 1.165) is 16.8 Å². The number of aromatic amines is 1. The van der Waals surface area contributed by atoms with Crippen LogP contribution in [0.25, 0.3) is 0 Å². The average Bonchev–Trinajstić information content (AvgIpc) is 2.91. The molecule has 6 heteroatoms. The molecule has 6 nitrogen and oxygen atoms in total. The minimum Gasteiger partial charge on any atom is -0.420 e. The molecule has 1 aromatic carbocycles. The molecular formula is C16H16N4O2. The summed E-state index contributed by atoms with van der Waals surface area (Å²) in [5.41, 5.74) is 9.07. The van der Waals surface area contributed by atoms with E-state index in [1.807, 2.05) is 30.3 Å². The number of H-pyrrole nitrogens is 1. The van der Waals surface area contributed by atoms with Crippen LogP contribution in [0.2, 0.25) is 0 Å². The minimum absolute atomic E-state index is 0.117. The molecule has 2 heterocycles. The number of aromatic nitrogens is 2. The molecule has 0 bridgehead atoms. The summed E-state index contributed by atoms with van der Waals surface area (Å²) >= 11 is 0. The van der Waals surface area contributed by atoms with Crippen molar-refractivity contribution in [1.29, 1.82) is 5.26 Å². The molecule has 22 heavy (non-hydrogen) atoms. The molecule has 3 N–H and O–H groups in total. The molecule has 1 aliphatic heterocycles. The number of nitrogens with zero attached hydrogens (tertiary/aromatic N) is 2. The molecular weight excluding hydrogens is 280 g/mol. The van der Waals surface area contributed by atoms with E-state index in [1.54, 1.807) is 7.11 Å². The first-order valence-electron chi connectivity index (χ1n) is 6.92. The van der Waals surface area contributed by atoms with Gasteiger partial charge in [0, 0.05) is 18.6 Å². The maximum Gasteiger partial charge on any atom is 0.244 e. The molecule has 0 fully saturated rings. The van der Waals surface area contributed by atoms with Gasteiger partial charge in [-0.2, -0.15) is 5.26 Å². The van der Waals surface area contributed by atoms with Gasteiger partial charge in [-0.3, -0.25) is 5.10 Å². The van der Waals surface area contributed by atoms with Crippen LogP contribution in [0.15, 0.2) is 41.8 Å². The van der Waals surface area contributed by atoms with Crippen LogP contribution < -0.4 is 10.5 Å². The molecule has 2 aromatic rings. The summed E-state index contributed by atoms with van der Waals surface area (Å²) < 4.78 is 10.7. The Morgan fingerprint density at radius 1 is 1.41 bits per heavy atom. The topological polar surface area (TPSA) is 97.0 Å². The highest BCUT2D eigenvalue weighted by atomic mass is 16.5. The maximum atomic E-state index is 9.46. The van der Waals surface area contributed by atoms with Crippen LogP contribution in [0.5, 0.6) is 5.88 Å². The van der Waals surface area contributed by atoms with Crippen LogP contribution >= 0.6 is 0 Å². The number of fused-ring (bicyclic) bond motifs is 1. The zero-order valence-electron chi connectivity index (χ0n) is 12.2. The van der Waals surface area contributed by atoms with E-state index >= 15 is 0 Å². The van der Waals surface area contributed by atoms with Crippen LogP contribution in [0.3, 0.4) is 0 Å². The van der Waals surface area contributed by atoms with Crippen molar-refractivity contribution >= 4 is 0 Å². The Morgan fingerprint density at radius 3 is 2.86 bits per heavy atom. The highest BCUT2D eigenvalue weighted by Gasteiger charge is 2.33. The standard InChI is InChI=1S/C16H16N4O2/c1-21-9-13-14-11(7-10-5-3-2-4-6-10)12(8-17)15(18)22-16(14)20-19-13/h2-6,11H,7,9,18H2,1H3,(H,19,20). The molecule has 112 valence electrons. The van der Waals surface area contributed by atoms with Gasteiger partial charge in [-0.25, -0.2) is 0 Å². The van der Waals surface area contributed by atoms with Crippen LogP contribution in [-0.2, 0) is 17.8 Å². The summed E-state index contributed by atoms with van der Waals surface area (Å²) in [7, 11) is 1.61. The predicted molar refractivity (Wildman–Crippen MR) is 79.6 cm³/mol. The van der Waals surface area contributed by atoms with Gasteiger partial charge in [-0.1, -0.05) is 30.3 Å². The second-order valence-corrected chi connectivity index (χ2v) is 5.09. The second-order valence-electron chi connectivity index (χ2n) is 5.09. The third-order valence-electron chi connectivity index (χ3n) is 3.71. The summed E-state index contributed by atoms with van der Waals surface area (Å²) in [5, 5.41) is 16.5. The lowest BCUT2D eigenvalue weighted by atomic mass is 9.85. The number of nitrogens with one attached hydrogen (secondary N) is 1. The molecule has 1 aromatic heterocycles. The third kappa shape index (κ3) is 2.43. The number of ether oxygens (including phenoxy) is 2. The first-order valence-corrected chi connectivity index (χ1v) is 6.92. The number of benzene rings is 1. The molecule has 0 saturated carbocycles. The fourth-order valence-electron chi connectivity index (χ4n) is 2.72. The summed E-state index contributed by atoms with van der Waals surface area (Å²) in [6.07, 6.45) is 0.650. The molecule has 0 radical (unpaired) electrons. The van der Waals surface area contributed by atoms with Gasteiger partial charge in [0.2, 0.25) is 11.8 Å². The fraction of sp³-hybridized carbons (Fsp3) is 0.250. The molecule has 1 unspecified atom stereocenters. The number of nitrogens with two attached hydrogens (primary N) is 1. The van der Waals surface area contributed by atoms with Gasteiger partial charge in [-0.15, -0.1) is 5.10 Å². The van der Waals surface area contributed by atoms with Gasteiger partial charge in [0.15, 0.2) is 0 Å². The van der Waals surface area contributed by atoms with E-state index in [2.05, 4.69) is 16.3 Å². The van der Waals surface area contributed by atoms with Crippen molar-refractivity contribution in [1.82, 2.24) is 10.2 Å². The quantitative estimate of drug-likeness (QED) is 0.899. The average molecular weight is 296 g/mol. The van der Waals surface area contributed by atoms with Crippen LogP contribution in [0.1, 0.15) is 22.7 Å². The molecule has 0 amide bonds. The van der Waals surface area contributed by atoms with Crippen molar-refractivity contribution in [2.24, 2.45) is 5.73 Å². The molecule has 0 spiro atoms. The lowest BCUT2D eigenvalue weighted by molar-refractivity contribution is 0.180. The highest BCUT2D eigenvalue weighted by Crippen LogP contribution is 2.40. The van der Waals surface area contributed by atoms with Gasteiger partial charge >= 0.3 is 0 Å². The zero-order chi connectivity index (χ0) is 15.5. The van der Waals surface area contributed by atoms with E-state index in [-0.39, 0.29) is 11.8 Å². The van der Waals surface area contributed by atoms with Gasteiger partial charge in [0.1, 0.15) is 6.07 Å². The fourth-order valence-corrected chi connectivity index (χ4v) is 2.72.